The fraction of sp³-hybridized carbons (Fsp3) is 0.235. The summed E-state index contributed by atoms with van der Waals surface area (Å²) >= 11 is 1.28. The van der Waals surface area contributed by atoms with Crippen LogP contribution in [0.1, 0.15) is 21.6 Å². The van der Waals surface area contributed by atoms with Gasteiger partial charge in [-0.3, -0.25) is 14.2 Å². The minimum Gasteiger partial charge on any atom is -0.293 e. The number of hydrogen-bond donors (Lipinski definition) is 0. The highest BCUT2D eigenvalue weighted by atomic mass is 32.2. The number of Topliss-reactive ketones (excluding diaryl/α,β-unsaturated/α-hetero) is 1. The van der Waals surface area contributed by atoms with Gasteiger partial charge in [-0.2, -0.15) is 0 Å². The lowest BCUT2D eigenvalue weighted by Crippen LogP contribution is -2.22. The van der Waals surface area contributed by atoms with E-state index in [9.17, 15) is 9.59 Å². The maximum Gasteiger partial charge on any atom is 0.254 e. The third kappa shape index (κ3) is 3.95. The molecule has 2 aromatic rings. The van der Waals surface area contributed by atoms with E-state index >= 15 is 0 Å². The average Bonchev–Trinajstić information content (AvgIpc) is 2.48. The van der Waals surface area contributed by atoms with Gasteiger partial charge in [-0.1, -0.05) is 47.7 Å². The van der Waals surface area contributed by atoms with Crippen LogP contribution in [0.4, 0.5) is 0 Å². The first-order chi connectivity index (χ1) is 10.5. The molecule has 0 saturated heterocycles. The maximum absolute atomic E-state index is 12.2. The zero-order valence-corrected chi connectivity index (χ0v) is 13.5. The van der Waals surface area contributed by atoms with Crippen LogP contribution in [0, 0.1) is 13.8 Å². The van der Waals surface area contributed by atoms with Gasteiger partial charge in [0.05, 0.1) is 5.75 Å². The van der Waals surface area contributed by atoms with Gasteiger partial charge in [0.1, 0.15) is 0 Å². The summed E-state index contributed by atoms with van der Waals surface area (Å²) in [5.74, 6) is 0.265. The number of carbonyl (C=O) groups excluding carboxylic acids is 1. The van der Waals surface area contributed by atoms with E-state index in [4.69, 9.17) is 0 Å². The van der Waals surface area contributed by atoms with E-state index in [0.717, 1.165) is 5.56 Å². The van der Waals surface area contributed by atoms with Crippen LogP contribution in [0.5, 0.6) is 0 Å². The molecule has 0 bridgehead atoms. The number of carbonyl (C=O) groups is 1. The van der Waals surface area contributed by atoms with E-state index in [1.807, 2.05) is 31.2 Å². The Bertz CT molecular complexity index is 748. The summed E-state index contributed by atoms with van der Waals surface area (Å²) < 4.78 is 1.52. The Morgan fingerprint density at radius 1 is 1.32 bits per heavy atom. The van der Waals surface area contributed by atoms with Gasteiger partial charge in [0.15, 0.2) is 10.9 Å². The second kappa shape index (κ2) is 7.22. The molecule has 0 fully saturated rings. The Morgan fingerprint density at radius 2 is 2.00 bits per heavy atom. The molecule has 22 heavy (non-hydrogen) atoms. The second-order valence-corrected chi connectivity index (χ2v) is 5.94. The smallest absolute Gasteiger partial charge is 0.254 e. The standard InChI is InChI=1S/C17H18N2O2S/c1-4-9-19-16(21)10-13(3)18-17(19)22-11-15(20)14-7-5-12(2)6-8-14/h4-8,10H,1,9,11H2,2-3H3. The largest absolute Gasteiger partial charge is 0.293 e. The maximum atomic E-state index is 12.2. The summed E-state index contributed by atoms with van der Waals surface area (Å²) in [4.78, 5) is 28.6. The van der Waals surface area contributed by atoms with Gasteiger partial charge < -0.3 is 0 Å². The van der Waals surface area contributed by atoms with Crippen molar-refractivity contribution in [2.45, 2.75) is 25.5 Å². The van der Waals surface area contributed by atoms with Crippen molar-refractivity contribution in [1.29, 1.82) is 0 Å². The van der Waals surface area contributed by atoms with Crippen LogP contribution >= 0.6 is 11.8 Å². The number of rotatable bonds is 6. The summed E-state index contributed by atoms with van der Waals surface area (Å²) in [5, 5.41) is 0.547. The predicted octanol–water partition coefficient (Wildman–Crippen LogP) is 3.02. The van der Waals surface area contributed by atoms with Crippen molar-refractivity contribution in [3.05, 3.63) is 70.2 Å². The van der Waals surface area contributed by atoms with E-state index in [0.29, 0.717) is 23.0 Å². The lowest BCUT2D eigenvalue weighted by molar-refractivity contribution is 0.102. The molecule has 1 aromatic carbocycles. The van der Waals surface area contributed by atoms with E-state index in [2.05, 4.69) is 11.6 Å². The monoisotopic (exact) mass is 314 g/mol. The topological polar surface area (TPSA) is 52.0 Å². The predicted molar refractivity (Wildman–Crippen MR) is 89.7 cm³/mol. The first-order valence-electron chi connectivity index (χ1n) is 6.93. The minimum atomic E-state index is -0.127. The van der Waals surface area contributed by atoms with Gasteiger partial charge in [0, 0.05) is 23.9 Å². The molecule has 4 nitrogen and oxygen atoms in total. The molecule has 0 saturated carbocycles. The Morgan fingerprint density at radius 3 is 2.64 bits per heavy atom. The number of ketones is 1. The lowest BCUT2D eigenvalue weighted by atomic mass is 10.1. The molecule has 114 valence electrons. The van der Waals surface area contributed by atoms with E-state index in [-0.39, 0.29) is 17.1 Å². The molecular formula is C17H18N2O2S. The highest BCUT2D eigenvalue weighted by Crippen LogP contribution is 2.17. The van der Waals surface area contributed by atoms with Crippen molar-refractivity contribution in [2.75, 3.05) is 5.75 Å². The molecule has 5 heteroatoms. The Kier molecular flexibility index (Phi) is 5.33. The normalized spacial score (nSPS) is 10.5. The number of aryl methyl sites for hydroxylation is 2. The quantitative estimate of drug-likeness (QED) is 0.356. The van der Waals surface area contributed by atoms with Crippen molar-refractivity contribution >= 4 is 17.5 Å². The highest BCUT2D eigenvalue weighted by Gasteiger charge is 2.11. The molecule has 1 heterocycles. The van der Waals surface area contributed by atoms with Crippen LogP contribution in [-0.4, -0.2) is 21.1 Å². The van der Waals surface area contributed by atoms with Gasteiger partial charge in [0.2, 0.25) is 0 Å². The van der Waals surface area contributed by atoms with Crippen LogP contribution in [0.3, 0.4) is 0 Å². The average molecular weight is 314 g/mol. The Balaban J connectivity index is 2.17. The summed E-state index contributed by atoms with van der Waals surface area (Å²) in [6, 6.07) is 8.94. The van der Waals surface area contributed by atoms with Gasteiger partial charge in [0.25, 0.3) is 5.56 Å². The molecule has 0 aliphatic carbocycles. The first-order valence-corrected chi connectivity index (χ1v) is 7.92. The second-order valence-electron chi connectivity index (χ2n) is 5.00. The number of hydrogen-bond acceptors (Lipinski definition) is 4. The number of nitrogens with zero attached hydrogens (tertiary/aromatic N) is 2. The molecule has 2 rings (SSSR count). The third-order valence-electron chi connectivity index (χ3n) is 3.12. The van der Waals surface area contributed by atoms with E-state index < -0.39 is 0 Å². The lowest BCUT2D eigenvalue weighted by Gasteiger charge is -2.10. The van der Waals surface area contributed by atoms with Gasteiger partial charge >= 0.3 is 0 Å². The fourth-order valence-corrected chi connectivity index (χ4v) is 2.91. The molecule has 0 aliphatic rings. The van der Waals surface area contributed by atoms with Crippen molar-refractivity contribution in [3.8, 4) is 0 Å². The molecular weight excluding hydrogens is 296 g/mol. The minimum absolute atomic E-state index is 0.0194. The Hall–Kier alpha value is -2.14. The van der Waals surface area contributed by atoms with Crippen LogP contribution < -0.4 is 5.56 Å². The zero-order valence-electron chi connectivity index (χ0n) is 12.7. The molecule has 0 spiro atoms. The first kappa shape index (κ1) is 16.2. The number of benzene rings is 1. The molecule has 0 radical (unpaired) electrons. The molecule has 0 unspecified atom stereocenters. The van der Waals surface area contributed by atoms with E-state index in [1.165, 1.54) is 22.4 Å². The van der Waals surface area contributed by atoms with E-state index in [1.54, 1.807) is 13.0 Å². The number of thioether (sulfide) groups is 1. The van der Waals surface area contributed by atoms with Gasteiger partial charge in [-0.25, -0.2) is 4.98 Å². The van der Waals surface area contributed by atoms with Crippen molar-refractivity contribution in [3.63, 3.8) is 0 Å². The fourth-order valence-electron chi connectivity index (χ4n) is 1.95. The summed E-state index contributed by atoms with van der Waals surface area (Å²) in [5.41, 5.74) is 2.31. The molecule has 1 aromatic heterocycles. The van der Waals surface area contributed by atoms with Gasteiger partial charge in [-0.05, 0) is 13.8 Å². The third-order valence-corrected chi connectivity index (χ3v) is 4.10. The molecule has 0 N–H and O–H groups in total. The van der Waals surface area contributed by atoms with Crippen LogP contribution in [-0.2, 0) is 6.54 Å². The van der Waals surface area contributed by atoms with Crippen molar-refractivity contribution < 1.29 is 4.79 Å². The van der Waals surface area contributed by atoms with Crippen LogP contribution in [0.15, 0.2) is 52.9 Å². The highest BCUT2D eigenvalue weighted by molar-refractivity contribution is 7.99. The molecule has 0 aliphatic heterocycles. The summed E-state index contributed by atoms with van der Waals surface area (Å²) in [7, 11) is 0. The summed E-state index contributed by atoms with van der Waals surface area (Å²) in [6.07, 6.45) is 1.64. The molecule has 0 amide bonds. The van der Waals surface area contributed by atoms with Crippen LogP contribution in [0.25, 0.3) is 0 Å². The number of allylic oxidation sites excluding steroid dienone is 1. The van der Waals surface area contributed by atoms with Crippen LogP contribution in [0.2, 0.25) is 0 Å². The summed E-state index contributed by atoms with van der Waals surface area (Å²) in [6.45, 7) is 7.78. The molecule has 0 atom stereocenters. The van der Waals surface area contributed by atoms with Crippen molar-refractivity contribution in [1.82, 2.24) is 9.55 Å². The zero-order chi connectivity index (χ0) is 16.1. The van der Waals surface area contributed by atoms with Gasteiger partial charge in [-0.15, -0.1) is 6.58 Å². The SMILES string of the molecule is C=CCn1c(SCC(=O)c2ccc(C)cc2)nc(C)cc1=O. The number of aromatic nitrogens is 2. The Labute approximate surface area is 133 Å². The van der Waals surface area contributed by atoms with Crippen molar-refractivity contribution in [2.24, 2.45) is 0 Å².